The zero-order chi connectivity index (χ0) is 10.1. The third-order valence-electron chi connectivity index (χ3n) is 2.68. The Kier molecular flexibility index (Phi) is 2.23. The van der Waals surface area contributed by atoms with Crippen molar-refractivity contribution in [2.45, 2.75) is 18.6 Å². The van der Waals surface area contributed by atoms with Gasteiger partial charge in [0.05, 0.1) is 18.1 Å². The molecule has 1 aromatic rings. The van der Waals surface area contributed by atoms with Crippen LogP contribution in [0, 0.1) is 0 Å². The SMILES string of the molecule is c1csc(C2=NC3(CCOCC3)ON2)c1. The quantitative estimate of drug-likeness (QED) is 0.786. The Morgan fingerprint density at radius 1 is 1.40 bits per heavy atom. The third kappa shape index (κ3) is 1.67. The summed E-state index contributed by atoms with van der Waals surface area (Å²) in [6, 6.07) is 4.05. The minimum atomic E-state index is -0.377. The fourth-order valence-electron chi connectivity index (χ4n) is 1.82. The van der Waals surface area contributed by atoms with Crippen molar-refractivity contribution >= 4 is 17.2 Å². The second-order valence-corrected chi connectivity index (χ2v) is 4.65. The summed E-state index contributed by atoms with van der Waals surface area (Å²) in [5, 5.41) is 2.04. The van der Waals surface area contributed by atoms with E-state index in [2.05, 4.69) is 10.5 Å². The lowest BCUT2D eigenvalue weighted by atomic mass is 10.1. The first kappa shape index (κ1) is 9.33. The van der Waals surface area contributed by atoms with E-state index in [4.69, 9.17) is 9.57 Å². The first-order valence-electron chi connectivity index (χ1n) is 5.04. The highest BCUT2D eigenvalue weighted by Crippen LogP contribution is 2.30. The molecule has 0 saturated carbocycles. The van der Waals surface area contributed by atoms with E-state index in [-0.39, 0.29) is 5.72 Å². The minimum Gasteiger partial charge on any atom is -0.381 e. The number of nitrogens with zero attached hydrogens (tertiary/aromatic N) is 1. The molecule has 1 aromatic heterocycles. The molecule has 0 atom stereocenters. The van der Waals surface area contributed by atoms with Crippen LogP contribution in [0.15, 0.2) is 22.5 Å². The Morgan fingerprint density at radius 3 is 3.00 bits per heavy atom. The number of aliphatic imine (C=N–C) groups is 1. The average molecular weight is 224 g/mol. The highest BCUT2D eigenvalue weighted by molar-refractivity contribution is 7.12. The topological polar surface area (TPSA) is 42.9 Å². The summed E-state index contributed by atoms with van der Waals surface area (Å²) >= 11 is 1.66. The van der Waals surface area contributed by atoms with Crippen molar-refractivity contribution in [3.8, 4) is 0 Å². The number of nitrogens with one attached hydrogen (secondary N) is 1. The fraction of sp³-hybridized carbons (Fsp3) is 0.500. The van der Waals surface area contributed by atoms with Crippen LogP contribution >= 0.6 is 11.3 Å². The van der Waals surface area contributed by atoms with Gasteiger partial charge >= 0.3 is 0 Å². The van der Waals surface area contributed by atoms with E-state index in [1.54, 1.807) is 11.3 Å². The second kappa shape index (κ2) is 3.59. The van der Waals surface area contributed by atoms with Gasteiger partial charge in [-0.25, -0.2) is 15.3 Å². The maximum absolute atomic E-state index is 5.59. The first-order valence-corrected chi connectivity index (χ1v) is 5.91. The number of hydrogen-bond donors (Lipinski definition) is 1. The summed E-state index contributed by atoms with van der Waals surface area (Å²) in [6.45, 7) is 1.45. The van der Waals surface area contributed by atoms with Crippen molar-refractivity contribution in [3.05, 3.63) is 22.4 Å². The van der Waals surface area contributed by atoms with Crippen LogP contribution in [0.1, 0.15) is 17.7 Å². The number of thiophene rings is 1. The molecule has 1 saturated heterocycles. The molecule has 0 radical (unpaired) electrons. The van der Waals surface area contributed by atoms with Gasteiger partial charge in [-0.2, -0.15) is 0 Å². The van der Waals surface area contributed by atoms with Crippen molar-refractivity contribution in [1.82, 2.24) is 5.48 Å². The zero-order valence-corrected chi connectivity index (χ0v) is 9.05. The molecule has 1 N–H and O–H groups in total. The molecule has 3 rings (SSSR count). The molecule has 0 amide bonds. The lowest BCUT2D eigenvalue weighted by molar-refractivity contribution is -0.114. The molecular weight excluding hydrogens is 212 g/mol. The number of hydroxylamine groups is 1. The molecule has 0 aromatic carbocycles. The number of hydrogen-bond acceptors (Lipinski definition) is 5. The molecule has 2 aliphatic rings. The van der Waals surface area contributed by atoms with Gasteiger partial charge in [-0.3, -0.25) is 0 Å². The maximum Gasteiger partial charge on any atom is 0.192 e. The van der Waals surface area contributed by atoms with Crippen LogP contribution in [0.25, 0.3) is 0 Å². The molecular formula is C10H12N2O2S. The molecule has 1 fully saturated rings. The minimum absolute atomic E-state index is 0.377. The van der Waals surface area contributed by atoms with Gasteiger partial charge in [0.1, 0.15) is 0 Å². The van der Waals surface area contributed by atoms with Gasteiger partial charge in [-0.1, -0.05) is 6.07 Å². The van der Waals surface area contributed by atoms with Crippen LogP contribution in [-0.4, -0.2) is 24.8 Å². The fourth-order valence-corrected chi connectivity index (χ4v) is 2.48. The number of rotatable bonds is 1. The van der Waals surface area contributed by atoms with E-state index in [1.807, 2.05) is 17.5 Å². The van der Waals surface area contributed by atoms with Gasteiger partial charge in [-0.15, -0.1) is 11.3 Å². The normalized spacial score (nSPS) is 23.9. The number of ether oxygens (including phenoxy) is 1. The predicted octanol–water partition coefficient (Wildman–Crippen LogP) is 1.54. The predicted molar refractivity (Wildman–Crippen MR) is 57.9 cm³/mol. The summed E-state index contributed by atoms with van der Waals surface area (Å²) in [4.78, 5) is 11.3. The monoisotopic (exact) mass is 224 g/mol. The van der Waals surface area contributed by atoms with Gasteiger partial charge in [0.2, 0.25) is 0 Å². The van der Waals surface area contributed by atoms with E-state index in [0.29, 0.717) is 0 Å². The van der Waals surface area contributed by atoms with Crippen LogP contribution in [0.4, 0.5) is 0 Å². The van der Waals surface area contributed by atoms with Gasteiger partial charge < -0.3 is 4.74 Å². The summed E-state index contributed by atoms with van der Waals surface area (Å²) < 4.78 is 5.31. The average Bonchev–Trinajstić information content (AvgIpc) is 2.88. The maximum atomic E-state index is 5.59. The van der Waals surface area contributed by atoms with Crippen molar-refractivity contribution in [2.24, 2.45) is 4.99 Å². The van der Waals surface area contributed by atoms with E-state index in [0.717, 1.165) is 36.8 Å². The highest BCUT2D eigenvalue weighted by atomic mass is 32.1. The lowest BCUT2D eigenvalue weighted by Gasteiger charge is -2.27. The lowest BCUT2D eigenvalue weighted by Crippen LogP contribution is -2.36. The Hall–Kier alpha value is -0.910. The van der Waals surface area contributed by atoms with Crippen LogP contribution in [0.3, 0.4) is 0 Å². The molecule has 5 heteroatoms. The summed E-state index contributed by atoms with van der Waals surface area (Å²) in [6.07, 6.45) is 1.66. The van der Waals surface area contributed by atoms with Crippen molar-refractivity contribution in [3.63, 3.8) is 0 Å². The van der Waals surface area contributed by atoms with Crippen molar-refractivity contribution < 1.29 is 9.57 Å². The standard InChI is InChI=1S/C10H12N2O2S/c1-2-8(15-7-1)9-11-10(14-12-9)3-5-13-6-4-10/h1-2,7H,3-6H2,(H,11,12). The molecule has 0 bridgehead atoms. The van der Waals surface area contributed by atoms with Gasteiger partial charge in [0.25, 0.3) is 0 Å². The van der Waals surface area contributed by atoms with Crippen LogP contribution in [0.2, 0.25) is 0 Å². The van der Waals surface area contributed by atoms with E-state index in [1.165, 1.54) is 0 Å². The smallest absolute Gasteiger partial charge is 0.192 e. The molecule has 3 heterocycles. The third-order valence-corrected chi connectivity index (χ3v) is 3.56. The summed E-state index contributed by atoms with van der Waals surface area (Å²) in [5.41, 5.74) is 2.55. The second-order valence-electron chi connectivity index (χ2n) is 3.70. The Morgan fingerprint density at radius 2 is 2.27 bits per heavy atom. The largest absolute Gasteiger partial charge is 0.381 e. The van der Waals surface area contributed by atoms with E-state index >= 15 is 0 Å². The Balaban J connectivity index is 1.85. The molecule has 15 heavy (non-hydrogen) atoms. The highest BCUT2D eigenvalue weighted by Gasteiger charge is 2.39. The van der Waals surface area contributed by atoms with Crippen molar-refractivity contribution in [2.75, 3.05) is 13.2 Å². The van der Waals surface area contributed by atoms with Crippen molar-refractivity contribution in [1.29, 1.82) is 0 Å². The van der Waals surface area contributed by atoms with Crippen LogP contribution in [-0.2, 0) is 9.57 Å². The van der Waals surface area contributed by atoms with E-state index in [9.17, 15) is 0 Å². The summed E-state index contributed by atoms with van der Waals surface area (Å²) in [7, 11) is 0. The van der Waals surface area contributed by atoms with Gasteiger partial charge in [-0.05, 0) is 11.4 Å². The Bertz CT molecular complexity index is 369. The molecule has 4 nitrogen and oxygen atoms in total. The van der Waals surface area contributed by atoms with Gasteiger partial charge in [0, 0.05) is 12.8 Å². The first-order chi connectivity index (χ1) is 7.38. The molecule has 2 aliphatic heterocycles. The molecule has 0 unspecified atom stereocenters. The molecule has 0 aliphatic carbocycles. The Labute approximate surface area is 91.9 Å². The molecule has 1 spiro atoms. The zero-order valence-electron chi connectivity index (χ0n) is 8.23. The molecule has 80 valence electrons. The van der Waals surface area contributed by atoms with Crippen LogP contribution in [0.5, 0.6) is 0 Å². The number of amidine groups is 1. The summed E-state index contributed by atoms with van der Waals surface area (Å²) in [5.74, 6) is 0.854. The van der Waals surface area contributed by atoms with Gasteiger partial charge in [0.15, 0.2) is 11.6 Å². The van der Waals surface area contributed by atoms with E-state index < -0.39 is 0 Å². The van der Waals surface area contributed by atoms with Crippen LogP contribution < -0.4 is 5.48 Å².